The quantitative estimate of drug-likeness (QED) is 0.765. The number of pyridine rings is 1. The summed E-state index contributed by atoms with van der Waals surface area (Å²) >= 11 is 0. The predicted octanol–water partition coefficient (Wildman–Crippen LogP) is 4.12. The fourth-order valence-electron chi connectivity index (χ4n) is 3.57. The van der Waals surface area contributed by atoms with Gasteiger partial charge in [0.15, 0.2) is 0 Å². The number of benzene rings is 1. The van der Waals surface area contributed by atoms with Crippen molar-refractivity contribution in [3.8, 4) is 11.6 Å². The number of hydrogen-bond donors (Lipinski definition) is 1. The Kier molecular flexibility index (Phi) is 5.85. The summed E-state index contributed by atoms with van der Waals surface area (Å²) in [6.45, 7) is 10.6. The Morgan fingerprint density at radius 1 is 1.32 bits per heavy atom. The molecule has 1 saturated heterocycles. The van der Waals surface area contributed by atoms with Gasteiger partial charge in [0.05, 0.1) is 19.2 Å². The Morgan fingerprint density at radius 3 is 2.61 bits per heavy atom. The van der Waals surface area contributed by atoms with Crippen molar-refractivity contribution in [3.63, 3.8) is 0 Å². The van der Waals surface area contributed by atoms with E-state index in [1.807, 2.05) is 18.2 Å². The molecule has 0 aliphatic carbocycles. The second-order valence-electron chi connectivity index (χ2n) is 8.76. The monoisotopic (exact) mass is 428 g/mol. The highest BCUT2D eigenvalue weighted by atomic mass is 16.6. The summed E-state index contributed by atoms with van der Waals surface area (Å²) in [5.41, 5.74) is -0.861. The zero-order valence-corrected chi connectivity index (χ0v) is 18.5. The van der Waals surface area contributed by atoms with Crippen molar-refractivity contribution in [1.82, 2.24) is 9.88 Å². The molecule has 8 heteroatoms. The Morgan fingerprint density at radius 2 is 2.03 bits per heavy atom. The number of ether oxygens (including phenoxy) is 3. The number of carboxylic acid groups (broad SMARTS) is 1. The number of likely N-dealkylation sites (tertiary alicyclic amines) is 1. The molecule has 1 aromatic heterocycles. The minimum atomic E-state index is -1.46. The van der Waals surface area contributed by atoms with Crippen LogP contribution in [0, 0.1) is 0 Å². The van der Waals surface area contributed by atoms with Crippen molar-refractivity contribution in [1.29, 1.82) is 0 Å². The number of amides is 1. The van der Waals surface area contributed by atoms with Crippen LogP contribution in [0.4, 0.5) is 4.79 Å². The number of aromatic nitrogens is 1. The zero-order chi connectivity index (χ0) is 23.0. The van der Waals surface area contributed by atoms with E-state index in [-0.39, 0.29) is 13.0 Å². The number of carbonyl (C=O) groups is 2. The Bertz CT molecular complexity index is 1030. The molecule has 1 aliphatic rings. The third-order valence-corrected chi connectivity index (χ3v) is 5.20. The van der Waals surface area contributed by atoms with E-state index in [9.17, 15) is 14.7 Å². The highest BCUT2D eigenvalue weighted by Crippen LogP contribution is 2.35. The normalized spacial score (nSPS) is 21.1. The molecular weight excluding hydrogens is 400 g/mol. The van der Waals surface area contributed by atoms with Gasteiger partial charge in [-0.15, -0.1) is 0 Å². The van der Waals surface area contributed by atoms with Crippen molar-refractivity contribution in [2.24, 2.45) is 0 Å². The molecule has 0 saturated carbocycles. The molecule has 0 bridgehead atoms. The third kappa shape index (κ3) is 4.57. The van der Waals surface area contributed by atoms with Crippen LogP contribution in [0.15, 0.2) is 30.8 Å². The maximum absolute atomic E-state index is 12.7. The Labute approximate surface area is 181 Å². The molecule has 166 valence electrons. The Balaban J connectivity index is 1.91. The van der Waals surface area contributed by atoms with Gasteiger partial charge in [0.1, 0.15) is 23.0 Å². The summed E-state index contributed by atoms with van der Waals surface area (Å²) in [5, 5.41) is 10.7. The van der Waals surface area contributed by atoms with E-state index in [1.165, 1.54) is 11.8 Å². The van der Waals surface area contributed by atoms with Crippen LogP contribution in [0.1, 0.15) is 39.7 Å². The maximum Gasteiger partial charge on any atom is 0.411 e. The minimum absolute atomic E-state index is 0.0616. The van der Waals surface area contributed by atoms with Crippen molar-refractivity contribution in [3.05, 3.63) is 36.4 Å². The molecule has 0 radical (unpaired) electrons. The fraction of sp³-hybridized carbons (Fsp3) is 0.435. The topological polar surface area (TPSA) is 98.2 Å². The molecule has 1 N–H and O–H groups in total. The second-order valence-corrected chi connectivity index (χ2v) is 8.76. The number of carbonyl (C=O) groups excluding carboxylic acids is 1. The van der Waals surface area contributed by atoms with E-state index in [1.54, 1.807) is 40.0 Å². The standard InChI is InChI=1S/C23H28N2O6/c1-7-14-10-15-8-9-16(29-6)11-18(15)24-19(14)30-17-12-23(5,20(26)27)25(13-17)21(28)31-22(2,3)4/h7-11,17H,1,12-13H2,2-6H3,(H,26,27). The highest BCUT2D eigenvalue weighted by molar-refractivity contribution is 5.85. The molecule has 2 aromatic rings. The summed E-state index contributed by atoms with van der Waals surface area (Å²) in [6, 6.07) is 7.41. The van der Waals surface area contributed by atoms with Gasteiger partial charge >= 0.3 is 12.1 Å². The molecule has 3 rings (SSSR count). The van der Waals surface area contributed by atoms with Crippen LogP contribution >= 0.6 is 0 Å². The molecule has 0 spiro atoms. The lowest BCUT2D eigenvalue weighted by Gasteiger charge is -2.32. The van der Waals surface area contributed by atoms with Crippen molar-refractivity contribution in [2.45, 2.75) is 51.4 Å². The first-order valence-corrected chi connectivity index (χ1v) is 9.99. The van der Waals surface area contributed by atoms with Crippen molar-refractivity contribution < 1.29 is 28.9 Å². The SMILES string of the molecule is C=Cc1cc2ccc(OC)cc2nc1OC1CN(C(=O)OC(C)(C)C)C(C)(C(=O)O)C1. The number of rotatable bonds is 5. The van der Waals surface area contributed by atoms with E-state index in [4.69, 9.17) is 14.2 Å². The number of methoxy groups -OCH3 is 1. The molecule has 1 aromatic carbocycles. The third-order valence-electron chi connectivity index (χ3n) is 5.20. The molecule has 1 amide bonds. The van der Waals surface area contributed by atoms with Crippen LogP contribution in [0.2, 0.25) is 0 Å². The Hall–Kier alpha value is -3.29. The van der Waals surface area contributed by atoms with E-state index in [0.717, 1.165) is 5.39 Å². The first-order chi connectivity index (χ1) is 14.5. The minimum Gasteiger partial charge on any atom is -0.497 e. The molecule has 31 heavy (non-hydrogen) atoms. The van der Waals surface area contributed by atoms with Crippen LogP contribution in [0.5, 0.6) is 11.6 Å². The smallest absolute Gasteiger partial charge is 0.411 e. The first-order valence-electron chi connectivity index (χ1n) is 9.99. The molecule has 2 heterocycles. The van der Waals surface area contributed by atoms with Gasteiger partial charge in [0, 0.05) is 23.4 Å². The van der Waals surface area contributed by atoms with Crippen molar-refractivity contribution in [2.75, 3.05) is 13.7 Å². The van der Waals surface area contributed by atoms with Crippen molar-refractivity contribution >= 4 is 29.0 Å². The summed E-state index contributed by atoms with van der Waals surface area (Å²) in [4.78, 5) is 30.5. The van der Waals surface area contributed by atoms with E-state index < -0.39 is 29.3 Å². The van der Waals surface area contributed by atoms with Crippen LogP contribution in [-0.4, -0.2) is 58.0 Å². The van der Waals surface area contributed by atoms with Gasteiger partial charge in [0.25, 0.3) is 0 Å². The van der Waals surface area contributed by atoms with Gasteiger partial charge in [-0.05, 0) is 45.9 Å². The van der Waals surface area contributed by atoms with Gasteiger partial charge in [-0.1, -0.05) is 12.7 Å². The summed E-state index contributed by atoms with van der Waals surface area (Å²) in [5.74, 6) is -0.142. The summed E-state index contributed by atoms with van der Waals surface area (Å²) in [6.07, 6.45) is 0.449. The van der Waals surface area contributed by atoms with Crippen LogP contribution in [0.3, 0.4) is 0 Å². The molecule has 1 aliphatic heterocycles. The van der Waals surface area contributed by atoms with Crippen LogP contribution < -0.4 is 9.47 Å². The van der Waals surface area contributed by atoms with Gasteiger partial charge in [-0.2, -0.15) is 0 Å². The van der Waals surface area contributed by atoms with Gasteiger partial charge in [-0.25, -0.2) is 14.6 Å². The van der Waals surface area contributed by atoms with Gasteiger partial charge < -0.3 is 19.3 Å². The molecule has 8 nitrogen and oxygen atoms in total. The lowest BCUT2D eigenvalue weighted by Crippen LogP contribution is -2.52. The van der Waals surface area contributed by atoms with Gasteiger partial charge in [0.2, 0.25) is 5.88 Å². The number of hydrogen-bond acceptors (Lipinski definition) is 6. The highest BCUT2D eigenvalue weighted by Gasteiger charge is 2.52. The molecular formula is C23H28N2O6. The molecule has 2 unspecified atom stereocenters. The van der Waals surface area contributed by atoms with E-state index in [2.05, 4.69) is 11.6 Å². The number of aliphatic carboxylic acids is 1. The maximum atomic E-state index is 12.7. The molecule has 2 atom stereocenters. The molecule has 1 fully saturated rings. The number of carboxylic acids is 1. The number of fused-ring (bicyclic) bond motifs is 1. The lowest BCUT2D eigenvalue weighted by atomic mass is 9.98. The largest absolute Gasteiger partial charge is 0.497 e. The fourth-order valence-corrected chi connectivity index (χ4v) is 3.57. The van der Waals surface area contributed by atoms with Crippen LogP contribution in [0.25, 0.3) is 17.0 Å². The van der Waals surface area contributed by atoms with E-state index in [0.29, 0.717) is 22.7 Å². The average molecular weight is 428 g/mol. The number of nitrogens with zero attached hydrogens (tertiary/aromatic N) is 2. The summed E-state index contributed by atoms with van der Waals surface area (Å²) < 4.78 is 16.8. The first kappa shape index (κ1) is 22.4. The van der Waals surface area contributed by atoms with E-state index >= 15 is 0 Å². The second kappa shape index (κ2) is 8.09. The zero-order valence-electron chi connectivity index (χ0n) is 18.5. The predicted molar refractivity (Wildman–Crippen MR) is 116 cm³/mol. The summed E-state index contributed by atoms with van der Waals surface area (Å²) in [7, 11) is 1.58. The lowest BCUT2D eigenvalue weighted by molar-refractivity contribution is -0.148. The average Bonchev–Trinajstić information content (AvgIpc) is 3.03. The van der Waals surface area contributed by atoms with Gasteiger partial charge in [-0.3, -0.25) is 4.90 Å². The van der Waals surface area contributed by atoms with Crippen LogP contribution in [-0.2, 0) is 9.53 Å².